The first-order chi connectivity index (χ1) is 14.7. The fourth-order valence-corrected chi connectivity index (χ4v) is 4.60. The molecule has 2 N–H and O–H groups in total. The Morgan fingerprint density at radius 1 is 1.10 bits per heavy atom. The third-order valence-corrected chi connectivity index (χ3v) is 6.32. The quantitative estimate of drug-likeness (QED) is 0.661. The third-order valence-electron chi connectivity index (χ3n) is 5.51. The van der Waals surface area contributed by atoms with E-state index >= 15 is 0 Å². The number of amides is 2. The molecule has 0 unspecified atom stereocenters. The third kappa shape index (κ3) is 5.73. The van der Waals surface area contributed by atoms with Crippen LogP contribution in [0.15, 0.2) is 41.6 Å². The van der Waals surface area contributed by atoms with Crippen molar-refractivity contribution in [1.82, 2.24) is 25.6 Å². The molecule has 30 heavy (non-hydrogen) atoms. The Morgan fingerprint density at radius 3 is 2.70 bits per heavy atom. The molecule has 1 saturated carbocycles. The lowest BCUT2D eigenvalue weighted by atomic mass is 9.84. The molecule has 0 bridgehead atoms. The SMILES string of the molecule is O=C1NC(=O)/C(=C/c2ccnc(CC3CCC(NCCc4ccccn4)CC3)n2)S1. The number of carbonyl (C=O) groups excluding carboxylic acids is 2. The van der Waals surface area contributed by atoms with Crippen LogP contribution in [0.25, 0.3) is 6.08 Å². The summed E-state index contributed by atoms with van der Waals surface area (Å²) in [7, 11) is 0. The second-order valence-corrected chi connectivity index (χ2v) is 8.71. The van der Waals surface area contributed by atoms with Gasteiger partial charge in [-0.3, -0.25) is 19.9 Å². The summed E-state index contributed by atoms with van der Waals surface area (Å²) in [5, 5.41) is 5.58. The highest BCUT2D eigenvalue weighted by Gasteiger charge is 2.25. The highest BCUT2D eigenvalue weighted by Crippen LogP contribution is 2.27. The van der Waals surface area contributed by atoms with Gasteiger partial charge in [0.25, 0.3) is 11.1 Å². The first-order valence-corrected chi connectivity index (χ1v) is 11.2. The molecule has 0 spiro atoms. The molecule has 2 fully saturated rings. The molecule has 8 heteroatoms. The minimum Gasteiger partial charge on any atom is -0.314 e. The van der Waals surface area contributed by atoms with Gasteiger partial charge in [0.15, 0.2) is 0 Å². The van der Waals surface area contributed by atoms with Gasteiger partial charge in [-0.05, 0) is 67.6 Å². The van der Waals surface area contributed by atoms with Gasteiger partial charge in [-0.1, -0.05) is 6.07 Å². The number of aromatic nitrogens is 3. The van der Waals surface area contributed by atoms with Crippen LogP contribution in [0.4, 0.5) is 4.79 Å². The first-order valence-electron chi connectivity index (χ1n) is 10.4. The van der Waals surface area contributed by atoms with Crippen molar-refractivity contribution in [1.29, 1.82) is 0 Å². The van der Waals surface area contributed by atoms with E-state index < -0.39 is 0 Å². The number of pyridine rings is 1. The van der Waals surface area contributed by atoms with Crippen LogP contribution in [0.5, 0.6) is 0 Å². The highest BCUT2D eigenvalue weighted by molar-refractivity contribution is 8.18. The molecule has 2 aromatic heterocycles. The van der Waals surface area contributed by atoms with Gasteiger partial charge in [-0.15, -0.1) is 0 Å². The minimum atomic E-state index is -0.362. The smallest absolute Gasteiger partial charge is 0.290 e. The molecule has 0 atom stereocenters. The van der Waals surface area contributed by atoms with Crippen molar-refractivity contribution in [2.24, 2.45) is 5.92 Å². The molecule has 2 amide bonds. The summed E-state index contributed by atoms with van der Waals surface area (Å²) in [6.45, 7) is 0.959. The zero-order valence-corrected chi connectivity index (χ0v) is 17.5. The van der Waals surface area contributed by atoms with Crippen molar-refractivity contribution in [3.05, 3.63) is 58.8 Å². The van der Waals surface area contributed by atoms with Crippen LogP contribution in [-0.2, 0) is 17.6 Å². The summed E-state index contributed by atoms with van der Waals surface area (Å²) in [5.74, 6) is 1.01. The van der Waals surface area contributed by atoms with E-state index in [-0.39, 0.29) is 11.1 Å². The average molecular weight is 424 g/mol. The molecule has 156 valence electrons. The van der Waals surface area contributed by atoms with Gasteiger partial charge in [0.2, 0.25) is 0 Å². The monoisotopic (exact) mass is 423 g/mol. The largest absolute Gasteiger partial charge is 0.314 e. The molecular weight excluding hydrogens is 398 g/mol. The Balaban J connectivity index is 1.24. The Hall–Kier alpha value is -2.58. The van der Waals surface area contributed by atoms with Gasteiger partial charge in [0.1, 0.15) is 5.82 Å². The maximum atomic E-state index is 11.7. The van der Waals surface area contributed by atoms with Crippen LogP contribution < -0.4 is 10.6 Å². The van der Waals surface area contributed by atoms with E-state index in [0.717, 1.165) is 68.3 Å². The van der Waals surface area contributed by atoms with Gasteiger partial charge in [0.05, 0.1) is 10.6 Å². The molecule has 7 nitrogen and oxygen atoms in total. The zero-order valence-electron chi connectivity index (χ0n) is 16.7. The Bertz CT molecular complexity index is 926. The maximum absolute atomic E-state index is 11.7. The van der Waals surface area contributed by atoms with Gasteiger partial charge in [-0.25, -0.2) is 9.97 Å². The molecule has 1 aliphatic heterocycles. The second kappa shape index (κ2) is 9.95. The number of carbonyl (C=O) groups is 2. The van der Waals surface area contributed by atoms with Crippen molar-refractivity contribution >= 4 is 29.0 Å². The van der Waals surface area contributed by atoms with E-state index in [1.165, 1.54) is 0 Å². The standard InChI is InChI=1S/C22H25N5O2S/c28-21-19(30-22(29)27-21)14-18-9-12-25-20(26-18)13-15-4-6-17(7-5-15)24-11-8-16-3-1-2-10-23-16/h1-3,9-10,12,14-15,17,24H,4-8,11,13H2,(H,27,28,29)/b19-14-. The Labute approximate surface area is 180 Å². The molecular formula is C22H25N5O2S. The van der Waals surface area contributed by atoms with Crippen LogP contribution in [-0.4, -0.2) is 38.7 Å². The molecule has 0 radical (unpaired) electrons. The molecule has 2 aromatic rings. The van der Waals surface area contributed by atoms with Crippen molar-refractivity contribution in [2.75, 3.05) is 6.54 Å². The molecule has 2 aliphatic rings. The fourth-order valence-electron chi connectivity index (χ4n) is 3.93. The lowest BCUT2D eigenvalue weighted by molar-refractivity contribution is -0.115. The summed E-state index contributed by atoms with van der Waals surface area (Å²) < 4.78 is 0. The zero-order chi connectivity index (χ0) is 20.8. The maximum Gasteiger partial charge on any atom is 0.290 e. The summed E-state index contributed by atoms with van der Waals surface area (Å²) in [5.41, 5.74) is 1.79. The molecule has 4 rings (SSSR count). The molecule has 1 aliphatic carbocycles. The van der Waals surface area contributed by atoms with Gasteiger partial charge >= 0.3 is 0 Å². The predicted molar refractivity (Wildman–Crippen MR) is 117 cm³/mol. The van der Waals surface area contributed by atoms with Crippen molar-refractivity contribution < 1.29 is 9.59 Å². The number of imide groups is 1. The summed E-state index contributed by atoms with van der Waals surface area (Å²) in [4.78, 5) is 36.7. The van der Waals surface area contributed by atoms with Crippen LogP contribution >= 0.6 is 11.8 Å². The van der Waals surface area contributed by atoms with Gasteiger partial charge in [-0.2, -0.15) is 0 Å². The number of nitrogens with one attached hydrogen (secondary N) is 2. The normalized spacial score (nSPS) is 23.0. The van der Waals surface area contributed by atoms with E-state index in [1.807, 2.05) is 18.3 Å². The predicted octanol–water partition coefficient (Wildman–Crippen LogP) is 3.13. The average Bonchev–Trinajstić information content (AvgIpc) is 3.07. The lowest BCUT2D eigenvalue weighted by Crippen LogP contribution is -2.35. The van der Waals surface area contributed by atoms with Crippen LogP contribution in [0.2, 0.25) is 0 Å². The van der Waals surface area contributed by atoms with Gasteiger partial charge in [0, 0.05) is 43.5 Å². The van der Waals surface area contributed by atoms with Crippen LogP contribution in [0.1, 0.15) is 42.9 Å². The van der Waals surface area contributed by atoms with Crippen LogP contribution in [0, 0.1) is 5.92 Å². The fraction of sp³-hybridized carbons (Fsp3) is 0.409. The molecule has 1 saturated heterocycles. The van der Waals surface area contributed by atoms with Gasteiger partial charge < -0.3 is 5.32 Å². The van der Waals surface area contributed by atoms with E-state index in [2.05, 4.69) is 31.7 Å². The topological polar surface area (TPSA) is 96.9 Å². The highest BCUT2D eigenvalue weighted by atomic mass is 32.2. The Kier molecular flexibility index (Phi) is 6.86. The molecule has 0 aromatic carbocycles. The second-order valence-electron chi connectivity index (χ2n) is 7.70. The van der Waals surface area contributed by atoms with E-state index in [4.69, 9.17) is 0 Å². The number of hydrogen-bond acceptors (Lipinski definition) is 7. The summed E-state index contributed by atoms with van der Waals surface area (Å²) in [6.07, 6.45) is 11.7. The number of hydrogen-bond donors (Lipinski definition) is 2. The van der Waals surface area contributed by atoms with E-state index in [1.54, 1.807) is 18.3 Å². The van der Waals surface area contributed by atoms with Crippen LogP contribution in [0.3, 0.4) is 0 Å². The summed E-state index contributed by atoms with van der Waals surface area (Å²) in [6, 6.07) is 8.37. The summed E-state index contributed by atoms with van der Waals surface area (Å²) >= 11 is 0.905. The van der Waals surface area contributed by atoms with E-state index in [9.17, 15) is 9.59 Å². The minimum absolute atomic E-state index is 0.342. The van der Waals surface area contributed by atoms with Crippen molar-refractivity contribution in [3.8, 4) is 0 Å². The van der Waals surface area contributed by atoms with Crippen molar-refractivity contribution in [3.63, 3.8) is 0 Å². The Morgan fingerprint density at radius 2 is 1.97 bits per heavy atom. The first kappa shape index (κ1) is 20.7. The number of nitrogens with zero attached hydrogens (tertiary/aromatic N) is 3. The lowest BCUT2D eigenvalue weighted by Gasteiger charge is -2.29. The van der Waals surface area contributed by atoms with Crippen molar-refractivity contribution in [2.45, 2.75) is 44.6 Å². The number of rotatable bonds is 7. The number of thioether (sulfide) groups is 1. The van der Waals surface area contributed by atoms with E-state index in [0.29, 0.717) is 22.6 Å². The molecule has 3 heterocycles.